The Balaban J connectivity index is 3.33. The molecular formula is C6H5Cl2NO2S. The molecule has 0 amide bonds. The van der Waals surface area contributed by atoms with Gasteiger partial charge in [-0.25, -0.2) is 4.21 Å². The zero-order valence-corrected chi connectivity index (χ0v) is 8.08. The monoisotopic (exact) mass is 225 g/mol. The Morgan fingerprint density at radius 2 is 1.83 bits per heavy atom. The summed E-state index contributed by atoms with van der Waals surface area (Å²) in [5, 5.41) is 0.478. The molecule has 3 N–H and O–H groups in total. The van der Waals surface area contributed by atoms with E-state index in [-0.39, 0.29) is 20.6 Å². The molecule has 0 aliphatic carbocycles. The van der Waals surface area contributed by atoms with E-state index in [9.17, 15) is 4.21 Å². The SMILES string of the molecule is Nc1cc(Cl)c(Cl)cc1S(=O)O. The number of benzene rings is 1. The molecule has 1 rings (SSSR count). The Morgan fingerprint density at radius 3 is 2.33 bits per heavy atom. The third-order valence-corrected chi connectivity index (χ3v) is 2.69. The van der Waals surface area contributed by atoms with Crippen LogP contribution in [-0.2, 0) is 11.1 Å². The molecular weight excluding hydrogens is 221 g/mol. The number of rotatable bonds is 1. The lowest BCUT2D eigenvalue weighted by Crippen LogP contribution is -1.96. The highest BCUT2D eigenvalue weighted by molar-refractivity contribution is 7.79. The molecule has 0 saturated carbocycles. The van der Waals surface area contributed by atoms with Crippen molar-refractivity contribution in [2.24, 2.45) is 0 Å². The average Bonchev–Trinajstić information content (AvgIpc) is 1.96. The van der Waals surface area contributed by atoms with Crippen molar-refractivity contribution >= 4 is 40.0 Å². The van der Waals surface area contributed by atoms with E-state index in [1.807, 2.05) is 0 Å². The maximum Gasteiger partial charge on any atom is 0.188 e. The molecule has 1 aromatic rings. The lowest BCUT2D eigenvalue weighted by molar-refractivity contribution is 0.565. The van der Waals surface area contributed by atoms with Crippen LogP contribution in [0.4, 0.5) is 5.69 Å². The van der Waals surface area contributed by atoms with Crippen LogP contribution in [0.5, 0.6) is 0 Å². The van der Waals surface area contributed by atoms with Gasteiger partial charge in [0.25, 0.3) is 0 Å². The molecule has 0 spiro atoms. The number of nitrogens with two attached hydrogens (primary N) is 1. The molecule has 6 heteroatoms. The highest BCUT2D eigenvalue weighted by Crippen LogP contribution is 2.28. The predicted octanol–water partition coefficient (Wildman–Crippen LogP) is 2.16. The summed E-state index contributed by atoms with van der Waals surface area (Å²) < 4.78 is 19.3. The second-order valence-electron chi connectivity index (χ2n) is 2.05. The summed E-state index contributed by atoms with van der Waals surface area (Å²) in [4.78, 5) is 0.0735. The van der Waals surface area contributed by atoms with Crippen molar-refractivity contribution in [3.63, 3.8) is 0 Å². The maximum atomic E-state index is 10.6. The lowest BCUT2D eigenvalue weighted by Gasteiger charge is -2.02. The third kappa shape index (κ3) is 1.90. The van der Waals surface area contributed by atoms with Crippen molar-refractivity contribution in [3.05, 3.63) is 22.2 Å². The second kappa shape index (κ2) is 3.62. The summed E-state index contributed by atoms with van der Waals surface area (Å²) >= 11 is 9.07. The molecule has 12 heavy (non-hydrogen) atoms. The molecule has 0 heterocycles. The van der Waals surface area contributed by atoms with Gasteiger partial charge in [-0.3, -0.25) is 0 Å². The summed E-state index contributed by atoms with van der Waals surface area (Å²) in [6, 6.07) is 2.61. The molecule has 0 saturated heterocycles. The molecule has 0 radical (unpaired) electrons. The predicted molar refractivity (Wildman–Crippen MR) is 49.9 cm³/mol. The molecule has 66 valence electrons. The Morgan fingerprint density at radius 1 is 1.33 bits per heavy atom. The first-order chi connectivity index (χ1) is 5.52. The van der Waals surface area contributed by atoms with Gasteiger partial charge in [0.05, 0.1) is 20.6 Å². The fourth-order valence-corrected chi connectivity index (χ4v) is 1.57. The van der Waals surface area contributed by atoms with Gasteiger partial charge in [-0.1, -0.05) is 23.2 Å². The minimum atomic E-state index is -2.13. The minimum absolute atomic E-state index is 0.0735. The van der Waals surface area contributed by atoms with E-state index in [0.717, 1.165) is 0 Å². The fourth-order valence-electron chi connectivity index (χ4n) is 0.695. The van der Waals surface area contributed by atoms with Crippen molar-refractivity contribution in [3.8, 4) is 0 Å². The van der Waals surface area contributed by atoms with Gasteiger partial charge in [0.15, 0.2) is 11.1 Å². The summed E-state index contributed by atoms with van der Waals surface area (Å²) in [6.07, 6.45) is 0. The third-order valence-electron chi connectivity index (χ3n) is 1.24. The van der Waals surface area contributed by atoms with Crippen LogP contribution in [0.2, 0.25) is 10.0 Å². The topological polar surface area (TPSA) is 63.3 Å². The van der Waals surface area contributed by atoms with E-state index in [0.29, 0.717) is 0 Å². The molecule has 0 aromatic heterocycles. The molecule has 1 atom stereocenters. The van der Waals surface area contributed by atoms with Gasteiger partial charge >= 0.3 is 0 Å². The van der Waals surface area contributed by atoms with Crippen LogP contribution in [0.25, 0.3) is 0 Å². The molecule has 0 aliphatic heterocycles. The van der Waals surface area contributed by atoms with Gasteiger partial charge < -0.3 is 10.3 Å². The lowest BCUT2D eigenvalue weighted by atomic mass is 10.3. The van der Waals surface area contributed by atoms with Crippen LogP contribution in [0, 0.1) is 0 Å². The van der Waals surface area contributed by atoms with Gasteiger partial charge in [0, 0.05) is 0 Å². The number of hydrogen-bond acceptors (Lipinski definition) is 2. The summed E-state index contributed by atoms with van der Waals surface area (Å²) in [7, 11) is 0. The van der Waals surface area contributed by atoms with Gasteiger partial charge in [0.1, 0.15) is 0 Å². The van der Waals surface area contributed by atoms with Crippen molar-refractivity contribution in [2.75, 3.05) is 5.73 Å². The van der Waals surface area contributed by atoms with Gasteiger partial charge in [0.2, 0.25) is 0 Å². The smallest absolute Gasteiger partial charge is 0.188 e. The highest BCUT2D eigenvalue weighted by Gasteiger charge is 2.08. The van der Waals surface area contributed by atoms with Gasteiger partial charge in [-0.05, 0) is 12.1 Å². The highest BCUT2D eigenvalue weighted by atomic mass is 35.5. The van der Waals surface area contributed by atoms with Crippen LogP contribution in [0.3, 0.4) is 0 Å². The number of anilines is 1. The molecule has 0 bridgehead atoms. The molecule has 0 aliphatic rings. The standard InChI is InChI=1S/C6H5Cl2NO2S/c7-3-1-5(9)6(12(10)11)2-4(3)8/h1-2H,9H2,(H,10,11). The van der Waals surface area contributed by atoms with E-state index in [1.54, 1.807) is 0 Å². The van der Waals surface area contributed by atoms with Crippen LogP contribution in [-0.4, -0.2) is 8.76 Å². The van der Waals surface area contributed by atoms with Crippen molar-refractivity contribution < 1.29 is 8.76 Å². The Kier molecular flexibility index (Phi) is 2.95. The average molecular weight is 226 g/mol. The van der Waals surface area contributed by atoms with Crippen LogP contribution in [0.1, 0.15) is 0 Å². The minimum Gasteiger partial charge on any atom is -0.398 e. The van der Waals surface area contributed by atoms with Crippen molar-refractivity contribution in [2.45, 2.75) is 4.90 Å². The van der Waals surface area contributed by atoms with Crippen LogP contribution in [0.15, 0.2) is 17.0 Å². The first-order valence-corrected chi connectivity index (χ1v) is 4.74. The molecule has 1 aromatic carbocycles. The number of halogens is 2. The zero-order chi connectivity index (χ0) is 9.30. The first-order valence-electron chi connectivity index (χ1n) is 2.87. The fraction of sp³-hybridized carbons (Fsp3) is 0. The van der Waals surface area contributed by atoms with Gasteiger partial charge in [-0.15, -0.1) is 0 Å². The van der Waals surface area contributed by atoms with E-state index in [1.165, 1.54) is 12.1 Å². The van der Waals surface area contributed by atoms with Crippen LogP contribution < -0.4 is 5.73 Å². The molecule has 0 fully saturated rings. The largest absolute Gasteiger partial charge is 0.398 e. The molecule has 1 unspecified atom stereocenters. The summed E-state index contributed by atoms with van der Waals surface area (Å²) in [5.41, 5.74) is 5.55. The van der Waals surface area contributed by atoms with Crippen molar-refractivity contribution in [1.29, 1.82) is 0 Å². The van der Waals surface area contributed by atoms with Gasteiger partial charge in [-0.2, -0.15) is 0 Å². The van der Waals surface area contributed by atoms with E-state index < -0.39 is 11.1 Å². The maximum absolute atomic E-state index is 10.6. The van der Waals surface area contributed by atoms with E-state index in [2.05, 4.69) is 0 Å². The van der Waals surface area contributed by atoms with Crippen LogP contribution >= 0.6 is 23.2 Å². The second-order valence-corrected chi connectivity index (χ2v) is 3.81. The quantitative estimate of drug-likeness (QED) is 0.569. The Labute approximate surface area is 81.8 Å². The van der Waals surface area contributed by atoms with E-state index in [4.69, 9.17) is 33.5 Å². The normalized spacial score (nSPS) is 12.9. The summed E-state index contributed by atoms with van der Waals surface area (Å²) in [5.74, 6) is 0. The number of nitrogen functional groups attached to an aromatic ring is 1. The first kappa shape index (κ1) is 9.80. The Hall–Kier alpha value is -0.290. The molecule has 3 nitrogen and oxygen atoms in total. The zero-order valence-electron chi connectivity index (χ0n) is 5.75. The van der Waals surface area contributed by atoms with E-state index >= 15 is 0 Å². The number of hydrogen-bond donors (Lipinski definition) is 2. The van der Waals surface area contributed by atoms with Crippen molar-refractivity contribution in [1.82, 2.24) is 0 Å². The summed E-state index contributed by atoms with van der Waals surface area (Å²) in [6.45, 7) is 0. The Bertz CT molecular complexity index is 343.